The van der Waals surface area contributed by atoms with E-state index >= 15 is 0 Å². The van der Waals surface area contributed by atoms with Crippen LogP contribution in [0.2, 0.25) is 0 Å². The average Bonchev–Trinajstić information content (AvgIpc) is 2.19. The quantitative estimate of drug-likeness (QED) is 0.312. The van der Waals surface area contributed by atoms with Crippen LogP contribution >= 0.6 is 12.2 Å². The largest absolute Gasteiger partial charge is 0.522 e. The number of thiocarbonyl (C=S) groups is 1. The standard InChI is InChI=1S/C7H16N2O3SSi/c1-7(13)9-5-8-6-14(10-2,11-3)12-4/h5H,6H2,1-4H3,(H,8,9,13). The molecule has 0 saturated heterocycles. The van der Waals surface area contributed by atoms with Crippen molar-refractivity contribution in [3.05, 3.63) is 0 Å². The number of hydrogen-bond donors (Lipinski definition) is 1. The molecule has 0 spiro atoms. The molecule has 0 radical (unpaired) electrons. The zero-order valence-corrected chi connectivity index (χ0v) is 10.7. The molecule has 0 heterocycles. The molecule has 0 unspecified atom stereocenters. The Morgan fingerprint density at radius 2 is 1.86 bits per heavy atom. The van der Waals surface area contributed by atoms with Crippen molar-refractivity contribution in [2.75, 3.05) is 27.5 Å². The van der Waals surface area contributed by atoms with Gasteiger partial charge in [0.2, 0.25) is 0 Å². The summed E-state index contributed by atoms with van der Waals surface area (Å²) in [5.74, 6) is 0. The van der Waals surface area contributed by atoms with Crippen LogP contribution in [0.25, 0.3) is 0 Å². The minimum atomic E-state index is -2.57. The van der Waals surface area contributed by atoms with Crippen molar-refractivity contribution in [3.8, 4) is 0 Å². The van der Waals surface area contributed by atoms with Crippen molar-refractivity contribution in [2.24, 2.45) is 4.99 Å². The van der Waals surface area contributed by atoms with Gasteiger partial charge in [0.05, 0.1) is 11.3 Å². The van der Waals surface area contributed by atoms with Crippen molar-refractivity contribution < 1.29 is 13.3 Å². The van der Waals surface area contributed by atoms with Gasteiger partial charge in [-0.15, -0.1) is 0 Å². The van der Waals surface area contributed by atoms with Crippen LogP contribution in [0.5, 0.6) is 0 Å². The maximum atomic E-state index is 5.16. The van der Waals surface area contributed by atoms with Gasteiger partial charge in [-0.25, -0.2) is 0 Å². The molecule has 0 aliphatic rings. The minimum absolute atomic E-state index is 0.367. The lowest BCUT2D eigenvalue weighted by molar-refractivity contribution is 0.125. The molecule has 0 atom stereocenters. The van der Waals surface area contributed by atoms with Gasteiger partial charge in [0.15, 0.2) is 0 Å². The second-order valence-corrected chi connectivity index (χ2v) is 5.99. The number of hydrogen-bond acceptors (Lipinski definition) is 5. The Morgan fingerprint density at radius 3 is 2.21 bits per heavy atom. The van der Waals surface area contributed by atoms with E-state index in [2.05, 4.69) is 10.3 Å². The van der Waals surface area contributed by atoms with Crippen LogP contribution in [0.1, 0.15) is 6.92 Å². The second-order valence-electron chi connectivity index (χ2n) is 2.47. The van der Waals surface area contributed by atoms with Gasteiger partial charge in [-0.3, -0.25) is 4.99 Å². The van der Waals surface area contributed by atoms with E-state index in [1.165, 1.54) is 6.34 Å². The molecule has 0 aliphatic heterocycles. The maximum absolute atomic E-state index is 5.16. The van der Waals surface area contributed by atoms with Gasteiger partial charge >= 0.3 is 8.80 Å². The number of nitrogens with zero attached hydrogens (tertiary/aromatic N) is 1. The first-order chi connectivity index (χ1) is 6.60. The molecule has 0 aromatic carbocycles. The summed E-state index contributed by atoms with van der Waals surface area (Å²) in [4.78, 5) is 4.72. The van der Waals surface area contributed by atoms with Crippen LogP contribution in [0.3, 0.4) is 0 Å². The molecule has 7 heteroatoms. The van der Waals surface area contributed by atoms with Crippen LogP contribution in [0.15, 0.2) is 4.99 Å². The average molecular weight is 236 g/mol. The number of aliphatic imine (C=N–C) groups is 1. The van der Waals surface area contributed by atoms with E-state index in [1.807, 2.05) is 0 Å². The van der Waals surface area contributed by atoms with Crippen LogP contribution < -0.4 is 5.32 Å². The van der Waals surface area contributed by atoms with Crippen LogP contribution in [-0.4, -0.2) is 47.6 Å². The molecule has 0 aliphatic carbocycles. The summed E-state index contributed by atoms with van der Waals surface area (Å²) in [7, 11) is 2.07. The third-order valence-electron chi connectivity index (χ3n) is 1.58. The summed E-state index contributed by atoms with van der Waals surface area (Å²) >= 11 is 4.80. The van der Waals surface area contributed by atoms with E-state index in [0.717, 1.165) is 0 Å². The molecular weight excluding hydrogens is 220 g/mol. The molecular formula is C7H16N2O3SSi. The minimum Gasteiger partial charge on any atom is -0.376 e. The van der Waals surface area contributed by atoms with Gasteiger partial charge in [0.1, 0.15) is 6.17 Å². The summed E-state index contributed by atoms with van der Waals surface area (Å²) in [5, 5.41) is 2.79. The third kappa shape index (κ3) is 4.77. The zero-order chi connectivity index (χ0) is 11.0. The normalized spacial score (nSPS) is 12.0. The Labute approximate surface area is 90.8 Å². The summed E-state index contributed by atoms with van der Waals surface area (Å²) in [6.07, 6.45) is 1.88. The highest BCUT2D eigenvalue weighted by Crippen LogP contribution is 2.05. The highest BCUT2D eigenvalue weighted by atomic mass is 32.1. The van der Waals surface area contributed by atoms with Gasteiger partial charge in [-0.2, -0.15) is 0 Å². The predicted octanol–water partition coefficient (Wildman–Crippen LogP) is 0.369. The molecule has 0 bridgehead atoms. The maximum Gasteiger partial charge on any atom is 0.522 e. The lowest BCUT2D eigenvalue weighted by Gasteiger charge is -2.21. The van der Waals surface area contributed by atoms with Crippen LogP contribution in [0.4, 0.5) is 0 Å². The monoisotopic (exact) mass is 236 g/mol. The number of nitrogens with one attached hydrogen (secondary N) is 1. The summed E-state index contributed by atoms with van der Waals surface area (Å²) < 4.78 is 15.5. The molecule has 0 aromatic heterocycles. The van der Waals surface area contributed by atoms with E-state index in [-0.39, 0.29) is 0 Å². The summed E-state index contributed by atoms with van der Waals surface area (Å²) in [6, 6.07) is 0. The van der Waals surface area contributed by atoms with Gasteiger partial charge in [-0.1, -0.05) is 12.2 Å². The Balaban J connectivity index is 4.05. The molecule has 0 rings (SSSR count). The molecule has 82 valence electrons. The van der Waals surface area contributed by atoms with E-state index in [1.54, 1.807) is 28.3 Å². The van der Waals surface area contributed by atoms with E-state index in [4.69, 9.17) is 25.5 Å². The molecule has 0 fully saturated rings. The molecule has 14 heavy (non-hydrogen) atoms. The summed E-state index contributed by atoms with van der Waals surface area (Å²) in [5.41, 5.74) is 0. The van der Waals surface area contributed by atoms with Gasteiger partial charge < -0.3 is 18.6 Å². The lowest BCUT2D eigenvalue weighted by Crippen LogP contribution is -2.46. The summed E-state index contributed by atoms with van der Waals surface area (Å²) in [6.45, 7) is 1.77. The van der Waals surface area contributed by atoms with Gasteiger partial charge in [-0.05, 0) is 6.92 Å². The highest BCUT2D eigenvalue weighted by molar-refractivity contribution is 7.80. The van der Waals surface area contributed by atoms with Crippen LogP contribution in [-0.2, 0) is 13.3 Å². The van der Waals surface area contributed by atoms with Crippen molar-refractivity contribution in [2.45, 2.75) is 6.92 Å². The smallest absolute Gasteiger partial charge is 0.376 e. The molecule has 5 nitrogen and oxygen atoms in total. The van der Waals surface area contributed by atoms with Gasteiger partial charge in [0.25, 0.3) is 0 Å². The third-order valence-corrected chi connectivity index (χ3v) is 4.13. The van der Waals surface area contributed by atoms with Crippen molar-refractivity contribution in [3.63, 3.8) is 0 Å². The van der Waals surface area contributed by atoms with Crippen LogP contribution in [0, 0.1) is 0 Å². The fraction of sp³-hybridized carbons (Fsp3) is 0.714. The fourth-order valence-corrected chi connectivity index (χ4v) is 1.99. The van der Waals surface area contributed by atoms with E-state index in [0.29, 0.717) is 11.2 Å². The first-order valence-corrected chi connectivity index (χ1v) is 6.35. The highest BCUT2D eigenvalue weighted by Gasteiger charge is 2.37. The topological polar surface area (TPSA) is 52.1 Å². The Kier molecular flexibility index (Phi) is 6.84. The van der Waals surface area contributed by atoms with Crippen molar-refractivity contribution >= 4 is 32.3 Å². The first-order valence-electron chi connectivity index (χ1n) is 4.01. The molecule has 0 aromatic rings. The Bertz CT molecular complexity index is 201. The lowest BCUT2D eigenvalue weighted by atomic mass is 10.8. The molecule has 0 amide bonds. The molecule has 0 saturated carbocycles. The van der Waals surface area contributed by atoms with Crippen molar-refractivity contribution in [1.82, 2.24) is 5.32 Å². The fourth-order valence-electron chi connectivity index (χ4n) is 0.738. The Morgan fingerprint density at radius 1 is 1.36 bits per heavy atom. The second kappa shape index (κ2) is 7.02. The Hall–Kier alpha value is -0.343. The van der Waals surface area contributed by atoms with Crippen molar-refractivity contribution in [1.29, 1.82) is 0 Å². The number of rotatable bonds is 6. The van der Waals surface area contributed by atoms with Gasteiger partial charge in [0, 0.05) is 21.3 Å². The first kappa shape index (κ1) is 13.7. The zero-order valence-electron chi connectivity index (χ0n) is 8.86. The SMILES string of the molecule is CO[Si](CN=CNC(C)=S)(OC)OC. The van der Waals surface area contributed by atoms with E-state index < -0.39 is 8.80 Å². The molecule has 1 N–H and O–H groups in total. The van der Waals surface area contributed by atoms with E-state index in [9.17, 15) is 0 Å². The predicted molar refractivity (Wildman–Crippen MR) is 61.5 cm³/mol.